The quantitative estimate of drug-likeness (QED) is 0.492. The Morgan fingerprint density at radius 3 is 3.00 bits per heavy atom. The number of pyridine rings is 1. The third kappa shape index (κ3) is 1.56. The number of halogens is 1. The summed E-state index contributed by atoms with van der Waals surface area (Å²) in [5.41, 5.74) is 0.475. The van der Waals surface area contributed by atoms with E-state index >= 15 is 0 Å². The summed E-state index contributed by atoms with van der Waals surface area (Å²) in [7, 11) is 0. The van der Waals surface area contributed by atoms with Crippen LogP contribution < -0.4 is 0 Å². The molecule has 0 unspecified atom stereocenters. The molecule has 0 atom stereocenters. The molecule has 0 radical (unpaired) electrons. The van der Waals surface area contributed by atoms with Gasteiger partial charge in [0.2, 0.25) is 0 Å². The van der Waals surface area contributed by atoms with Crippen molar-refractivity contribution in [2.24, 2.45) is 0 Å². The molecule has 0 bridgehead atoms. The molecule has 2 heteroatoms. The van der Waals surface area contributed by atoms with Crippen LogP contribution in [0, 0.1) is 17.7 Å². The van der Waals surface area contributed by atoms with Gasteiger partial charge in [0.05, 0.1) is 0 Å². The second-order valence-corrected chi connectivity index (χ2v) is 1.73. The first-order valence-electron chi connectivity index (χ1n) is 2.87. The highest BCUT2D eigenvalue weighted by molar-refractivity contribution is 5.26. The number of rotatable bonds is 0. The Balaban J connectivity index is 3.03. The van der Waals surface area contributed by atoms with Gasteiger partial charge in [0.15, 0.2) is 0 Å². The molecule has 0 fully saturated rings. The molecule has 1 aromatic heterocycles. The van der Waals surface area contributed by atoms with E-state index in [-0.39, 0.29) is 5.82 Å². The van der Waals surface area contributed by atoms with Gasteiger partial charge >= 0.3 is 0 Å². The van der Waals surface area contributed by atoms with Gasteiger partial charge < -0.3 is 0 Å². The molecule has 0 aromatic carbocycles. The molecule has 10 heavy (non-hydrogen) atoms. The van der Waals surface area contributed by atoms with Crippen LogP contribution in [0.3, 0.4) is 0 Å². The van der Waals surface area contributed by atoms with Crippen LogP contribution >= 0.6 is 0 Å². The average Bonchev–Trinajstić information content (AvgIpc) is 1.88. The molecule has 0 N–H and O–H groups in total. The SMILES string of the molecule is CC#Cc1cc(F)ccn1. The molecule has 50 valence electrons. The van der Waals surface area contributed by atoms with Crippen LogP contribution in [0.1, 0.15) is 12.6 Å². The minimum Gasteiger partial charge on any atom is -0.248 e. The highest BCUT2D eigenvalue weighted by Gasteiger charge is 1.89. The molecule has 0 saturated heterocycles. The fourth-order valence-corrected chi connectivity index (χ4v) is 0.601. The van der Waals surface area contributed by atoms with Crippen molar-refractivity contribution in [1.29, 1.82) is 0 Å². The zero-order valence-corrected chi connectivity index (χ0v) is 5.56. The molecular weight excluding hydrogens is 129 g/mol. The maximum absolute atomic E-state index is 12.4. The van der Waals surface area contributed by atoms with Crippen LogP contribution in [0.5, 0.6) is 0 Å². The van der Waals surface area contributed by atoms with E-state index in [1.807, 2.05) is 0 Å². The lowest BCUT2D eigenvalue weighted by Gasteiger charge is -1.87. The van der Waals surface area contributed by atoms with E-state index in [4.69, 9.17) is 0 Å². The summed E-state index contributed by atoms with van der Waals surface area (Å²) in [6, 6.07) is 2.59. The van der Waals surface area contributed by atoms with Crippen LogP contribution in [0.4, 0.5) is 4.39 Å². The van der Waals surface area contributed by atoms with Crippen molar-refractivity contribution < 1.29 is 4.39 Å². The molecule has 1 heterocycles. The predicted molar refractivity (Wildman–Crippen MR) is 36.7 cm³/mol. The van der Waals surface area contributed by atoms with Crippen molar-refractivity contribution in [1.82, 2.24) is 4.98 Å². The molecular formula is C8H6FN. The molecule has 1 rings (SSSR count). The predicted octanol–water partition coefficient (Wildman–Crippen LogP) is 1.59. The van der Waals surface area contributed by atoms with E-state index in [9.17, 15) is 4.39 Å². The monoisotopic (exact) mass is 135 g/mol. The largest absolute Gasteiger partial charge is 0.248 e. The summed E-state index contributed by atoms with van der Waals surface area (Å²) in [5, 5.41) is 0. The van der Waals surface area contributed by atoms with Crippen molar-refractivity contribution in [2.45, 2.75) is 6.92 Å². The van der Waals surface area contributed by atoms with Gasteiger partial charge in [-0.05, 0) is 18.9 Å². The van der Waals surface area contributed by atoms with Crippen LogP contribution in [-0.4, -0.2) is 4.98 Å². The zero-order chi connectivity index (χ0) is 7.40. The van der Waals surface area contributed by atoms with Gasteiger partial charge in [0.1, 0.15) is 11.5 Å². The smallest absolute Gasteiger partial charge is 0.127 e. The number of hydrogen-bond acceptors (Lipinski definition) is 1. The first-order valence-corrected chi connectivity index (χ1v) is 2.87. The Labute approximate surface area is 58.9 Å². The fourth-order valence-electron chi connectivity index (χ4n) is 0.601. The van der Waals surface area contributed by atoms with Gasteiger partial charge in [0, 0.05) is 12.3 Å². The Morgan fingerprint density at radius 1 is 1.60 bits per heavy atom. The van der Waals surface area contributed by atoms with Gasteiger partial charge in [-0.3, -0.25) is 0 Å². The second-order valence-electron chi connectivity index (χ2n) is 1.73. The molecule has 0 amide bonds. The van der Waals surface area contributed by atoms with Crippen LogP contribution in [0.15, 0.2) is 18.3 Å². The summed E-state index contributed by atoms with van der Waals surface area (Å²) < 4.78 is 12.4. The van der Waals surface area contributed by atoms with Gasteiger partial charge in [-0.2, -0.15) is 0 Å². The van der Waals surface area contributed by atoms with E-state index < -0.39 is 0 Å². The van der Waals surface area contributed by atoms with Crippen LogP contribution in [0.25, 0.3) is 0 Å². The number of nitrogens with zero attached hydrogens (tertiary/aromatic N) is 1. The topological polar surface area (TPSA) is 12.9 Å². The minimum absolute atomic E-state index is 0.298. The van der Waals surface area contributed by atoms with E-state index in [2.05, 4.69) is 16.8 Å². The fraction of sp³-hybridized carbons (Fsp3) is 0.125. The number of aromatic nitrogens is 1. The van der Waals surface area contributed by atoms with E-state index in [0.29, 0.717) is 5.69 Å². The maximum Gasteiger partial charge on any atom is 0.127 e. The highest BCUT2D eigenvalue weighted by Crippen LogP contribution is 1.96. The van der Waals surface area contributed by atoms with E-state index in [1.54, 1.807) is 6.92 Å². The normalized spacial score (nSPS) is 8.20. The Kier molecular flexibility index (Phi) is 2.01. The Bertz CT molecular complexity index is 283. The molecule has 1 aromatic rings. The molecule has 1 nitrogen and oxygen atoms in total. The van der Waals surface area contributed by atoms with Crippen molar-refractivity contribution in [3.63, 3.8) is 0 Å². The van der Waals surface area contributed by atoms with Gasteiger partial charge in [-0.15, -0.1) is 0 Å². The van der Waals surface area contributed by atoms with Crippen LogP contribution in [0.2, 0.25) is 0 Å². The summed E-state index contributed by atoms with van der Waals surface area (Å²) >= 11 is 0. The average molecular weight is 135 g/mol. The Hall–Kier alpha value is -1.36. The highest BCUT2D eigenvalue weighted by atomic mass is 19.1. The first-order chi connectivity index (χ1) is 4.83. The van der Waals surface area contributed by atoms with Crippen molar-refractivity contribution in [3.05, 3.63) is 29.8 Å². The molecule has 0 aliphatic carbocycles. The van der Waals surface area contributed by atoms with Crippen molar-refractivity contribution >= 4 is 0 Å². The maximum atomic E-state index is 12.4. The summed E-state index contributed by atoms with van der Waals surface area (Å²) in [6.07, 6.45) is 1.40. The zero-order valence-electron chi connectivity index (χ0n) is 5.56. The summed E-state index contributed by atoms with van der Waals surface area (Å²) in [6.45, 7) is 1.69. The van der Waals surface area contributed by atoms with E-state index in [0.717, 1.165) is 0 Å². The van der Waals surface area contributed by atoms with Gasteiger partial charge in [0.25, 0.3) is 0 Å². The molecule has 0 spiro atoms. The van der Waals surface area contributed by atoms with Gasteiger partial charge in [-0.1, -0.05) is 5.92 Å². The third-order valence-corrected chi connectivity index (χ3v) is 0.975. The lowest BCUT2D eigenvalue weighted by Crippen LogP contribution is -1.82. The first kappa shape index (κ1) is 6.76. The van der Waals surface area contributed by atoms with Crippen LogP contribution in [-0.2, 0) is 0 Å². The summed E-state index contributed by atoms with van der Waals surface area (Å²) in [5.74, 6) is 4.98. The minimum atomic E-state index is -0.298. The van der Waals surface area contributed by atoms with E-state index in [1.165, 1.54) is 18.3 Å². The lowest BCUT2D eigenvalue weighted by molar-refractivity contribution is 0.625. The lowest BCUT2D eigenvalue weighted by atomic mass is 10.3. The third-order valence-electron chi connectivity index (χ3n) is 0.975. The Morgan fingerprint density at radius 2 is 2.40 bits per heavy atom. The number of hydrogen-bond donors (Lipinski definition) is 0. The second kappa shape index (κ2) is 2.98. The molecule has 0 saturated carbocycles. The summed E-state index contributed by atoms with van der Waals surface area (Å²) in [4.78, 5) is 3.82. The molecule has 0 aliphatic heterocycles. The van der Waals surface area contributed by atoms with Crippen molar-refractivity contribution in [3.8, 4) is 11.8 Å². The standard InChI is InChI=1S/C8H6FN/c1-2-3-8-6-7(9)4-5-10-8/h4-6H,1H3. The van der Waals surface area contributed by atoms with Crippen molar-refractivity contribution in [2.75, 3.05) is 0 Å². The molecule has 0 aliphatic rings. The van der Waals surface area contributed by atoms with Gasteiger partial charge in [-0.25, -0.2) is 9.37 Å².